The van der Waals surface area contributed by atoms with Crippen LogP contribution in [-0.4, -0.2) is 35.5 Å². The first kappa shape index (κ1) is 12.6. The Bertz CT molecular complexity index is 417. The summed E-state index contributed by atoms with van der Waals surface area (Å²) >= 11 is 0. The van der Waals surface area contributed by atoms with E-state index in [0.717, 1.165) is 18.7 Å². The van der Waals surface area contributed by atoms with Crippen LogP contribution in [0.5, 0.6) is 0 Å². The number of rotatable bonds is 5. The molecule has 1 saturated carbocycles. The van der Waals surface area contributed by atoms with Gasteiger partial charge in [-0.1, -0.05) is 12.8 Å². The van der Waals surface area contributed by atoms with E-state index < -0.39 is 0 Å². The van der Waals surface area contributed by atoms with Crippen LogP contribution in [0.15, 0.2) is 12.3 Å². The molecule has 1 aromatic rings. The second-order valence-corrected chi connectivity index (χ2v) is 4.52. The quantitative estimate of drug-likeness (QED) is 0.804. The number of carbonyl (C=O) groups excluding carboxylic acids is 1. The van der Waals surface area contributed by atoms with E-state index in [9.17, 15) is 4.79 Å². The highest BCUT2D eigenvalue weighted by atomic mass is 16.1. The lowest BCUT2D eigenvalue weighted by atomic mass is 10.2. The second-order valence-electron chi connectivity index (χ2n) is 4.52. The van der Waals surface area contributed by atoms with Crippen LogP contribution in [0.1, 0.15) is 25.7 Å². The molecule has 1 aliphatic rings. The van der Waals surface area contributed by atoms with Gasteiger partial charge in [0.25, 0.3) is 0 Å². The third-order valence-corrected chi connectivity index (χ3v) is 3.25. The fraction of sp³-hybridized carbons (Fsp3) is 0.583. The van der Waals surface area contributed by atoms with Crippen LogP contribution in [0.2, 0.25) is 0 Å². The highest BCUT2D eigenvalue weighted by molar-refractivity contribution is 5.79. The normalized spacial score (nSPS) is 15.6. The number of nitrogens with one attached hydrogen (secondary N) is 1. The summed E-state index contributed by atoms with van der Waals surface area (Å²) in [6.07, 6.45) is 6.27. The molecule has 0 spiro atoms. The Balaban J connectivity index is 2.23. The second kappa shape index (κ2) is 5.66. The van der Waals surface area contributed by atoms with Crippen LogP contribution in [0.25, 0.3) is 0 Å². The van der Waals surface area contributed by atoms with Gasteiger partial charge < -0.3 is 16.0 Å². The molecule has 6 nitrogen and oxygen atoms in total. The summed E-state index contributed by atoms with van der Waals surface area (Å²) in [5.74, 6) is 0.992. The molecule has 0 unspecified atom stereocenters. The Morgan fingerprint density at radius 1 is 1.56 bits per heavy atom. The smallest absolute Gasteiger partial charge is 0.237 e. The molecule has 1 aromatic heterocycles. The van der Waals surface area contributed by atoms with Gasteiger partial charge in [0.2, 0.25) is 11.9 Å². The topological polar surface area (TPSA) is 84.1 Å². The SMILES string of the molecule is CNc1nccc(N(CC(N)=O)C2CCCC2)n1. The number of hydrogen-bond donors (Lipinski definition) is 2. The lowest BCUT2D eigenvalue weighted by Crippen LogP contribution is -2.40. The Hall–Kier alpha value is -1.85. The monoisotopic (exact) mass is 249 g/mol. The highest BCUT2D eigenvalue weighted by Gasteiger charge is 2.25. The van der Waals surface area contributed by atoms with Crippen LogP contribution >= 0.6 is 0 Å². The predicted octanol–water partition coefficient (Wildman–Crippen LogP) is 0.753. The fourth-order valence-corrected chi connectivity index (χ4v) is 2.41. The van der Waals surface area contributed by atoms with Crippen LogP contribution in [0.4, 0.5) is 11.8 Å². The van der Waals surface area contributed by atoms with E-state index in [2.05, 4.69) is 15.3 Å². The van der Waals surface area contributed by atoms with E-state index in [4.69, 9.17) is 5.73 Å². The lowest BCUT2D eigenvalue weighted by Gasteiger charge is -2.28. The number of hydrogen-bond acceptors (Lipinski definition) is 5. The Kier molecular flexibility index (Phi) is 3.96. The summed E-state index contributed by atoms with van der Waals surface area (Å²) in [4.78, 5) is 21.7. The molecule has 0 bridgehead atoms. The largest absolute Gasteiger partial charge is 0.368 e. The third-order valence-electron chi connectivity index (χ3n) is 3.25. The van der Waals surface area contributed by atoms with Gasteiger partial charge in [0, 0.05) is 19.3 Å². The van der Waals surface area contributed by atoms with E-state index in [1.807, 2.05) is 11.0 Å². The van der Waals surface area contributed by atoms with Gasteiger partial charge >= 0.3 is 0 Å². The maximum atomic E-state index is 11.2. The van der Waals surface area contributed by atoms with Gasteiger partial charge in [-0.25, -0.2) is 4.98 Å². The van der Waals surface area contributed by atoms with E-state index in [1.165, 1.54) is 12.8 Å². The average Bonchev–Trinajstić information content (AvgIpc) is 2.89. The van der Waals surface area contributed by atoms with E-state index >= 15 is 0 Å². The van der Waals surface area contributed by atoms with Crippen molar-refractivity contribution in [3.63, 3.8) is 0 Å². The van der Waals surface area contributed by atoms with Gasteiger partial charge in [-0.3, -0.25) is 4.79 Å². The van der Waals surface area contributed by atoms with Crippen molar-refractivity contribution < 1.29 is 4.79 Å². The van der Waals surface area contributed by atoms with Crippen molar-refractivity contribution in [3.8, 4) is 0 Å². The molecule has 0 saturated heterocycles. The van der Waals surface area contributed by atoms with Crippen LogP contribution in [0, 0.1) is 0 Å². The van der Waals surface area contributed by atoms with Gasteiger partial charge in [0.05, 0.1) is 6.54 Å². The standard InChI is InChI=1S/C12H19N5O/c1-14-12-15-7-6-11(16-12)17(8-10(13)18)9-4-2-3-5-9/h6-7,9H,2-5,8H2,1H3,(H2,13,18)(H,14,15,16). The number of nitrogens with two attached hydrogens (primary N) is 1. The number of amides is 1. The molecule has 0 aliphatic heterocycles. The number of nitrogens with zero attached hydrogens (tertiary/aromatic N) is 3. The van der Waals surface area contributed by atoms with E-state index in [0.29, 0.717) is 12.0 Å². The van der Waals surface area contributed by atoms with Crippen molar-refractivity contribution in [3.05, 3.63) is 12.3 Å². The van der Waals surface area contributed by atoms with Crippen molar-refractivity contribution in [2.75, 3.05) is 23.8 Å². The zero-order valence-electron chi connectivity index (χ0n) is 10.6. The van der Waals surface area contributed by atoms with Gasteiger partial charge in [-0.2, -0.15) is 4.98 Å². The van der Waals surface area contributed by atoms with Gasteiger partial charge in [-0.15, -0.1) is 0 Å². The number of carbonyl (C=O) groups is 1. The highest BCUT2D eigenvalue weighted by Crippen LogP contribution is 2.27. The molecule has 1 heterocycles. The molecule has 0 atom stereocenters. The van der Waals surface area contributed by atoms with Crippen molar-refractivity contribution in [2.24, 2.45) is 5.73 Å². The third kappa shape index (κ3) is 2.88. The average molecular weight is 249 g/mol. The van der Waals surface area contributed by atoms with Gasteiger partial charge in [0.1, 0.15) is 5.82 Å². The Labute approximate surface area is 107 Å². The molecule has 0 radical (unpaired) electrons. The predicted molar refractivity (Wildman–Crippen MR) is 70.4 cm³/mol. The van der Waals surface area contributed by atoms with Crippen LogP contribution < -0.4 is 16.0 Å². The maximum Gasteiger partial charge on any atom is 0.237 e. The summed E-state index contributed by atoms with van der Waals surface area (Å²) in [6.45, 7) is 0.213. The van der Waals surface area contributed by atoms with E-state index in [-0.39, 0.29) is 12.5 Å². The summed E-state index contributed by atoms with van der Waals surface area (Å²) in [7, 11) is 1.77. The number of aromatic nitrogens is 2. The first-order valence-electron chi connectivity index (χ1n) is 6.26. The first-order valence-corrected chi connectivity index (χ1v) is 6.26. The van der Waals surface area contributed by atoms with E-state index in [1.54, 1.807) is 13.2 Å². The minimum atomic E-state index is -0.327. The zero-order chi connectivity index (χ0) is 13.0. The Morgan fingerprint density at radius 2 is 2.28 bits per heavy atom. The summed E-state index contributed by atoms with van der Waals surface area (Å²) in [5, 5.41) is 2.90. The van der Waals surface area contributed by atoms with Crippen molar-refractivity contribution >= 4 is 17.7 Å². The number of primary amides is 1. The molecule has 1 amide bonds. The zero-order valence-corrected chi connectivity index (χ0v) is 10.6. The first-order chi connectivity index (χ1) is 8.70. The summed E-state index contributed by atoms with van der Waals surface area (Å²) in [6, 6.07) is 2.18. The number of anilines is 2. The molecule has 2 rings (SSSR count). The van der Waals surface area contributed by atoms with Crippen LogP contribution in [0.3, 0.4) is 0 Å². The fourth-order valence-electron chi connectivity index (χ4n) is 2.41. The molecule has 1 aliphatic carbocycles. The molecule has 3 N–H and O–H groups in total. The van der Waals surface area contributed by atoms with Crippen molar-refractivity contribution in [2.45, 2.75) is 31.7 Å². The summed E-state index contributed by atoms with van der Waals surface area (Å²) in [5.41, 5.74) is 5.33. The van der Waals surface area contributed by atoms with Crippen LogP contribution in [-0.2, 0) is 4.79 Å². The Morgan fingerprint density at radius 3 is 2.89 bits per heavy atom. The summed E-state index contributed by atoms with van der Waals surface area (Å²) < 4.78 is 0. The minimum absolute atomic E-state index is 0.213. The van der Waals surface area contributed by atoms with Crippen molar-refractivity contribution in [1.29, 1.82) is 0 Å². The molecule has 1 fully saturated rings. The molecule has 6 heteroatoms. The molecule has 18 heavy (non-hydrogen) atoms. The molecule has 98 valence electrons. The molecular weight excluding hydrogens is 230 g/mol. The lowest BCUT2D eigenvalue weighted by molar-refractivity contribution is -0.116. The molecular formula is C12H19N5O. The maximum absolute atomic E-state index is 11.2. The van der Waals surface area contributed by atoms with Gasteiger partial charge in [0.15, 0.2) is 0 Å². The molecule has 0 aromatic carbocycles. The van der Waals surface area contributed by atoms with Gasteiger partial charge in [-0.05, 0) is 18.9 Å². The minimum Gasteiger partial charge on any atom is -0.368 e. The van der Waals surface area contributed by atoms with Crippen molar-refractivity contribution in [1.82, 2.24) is 9.97 Å².